The van der Waals surface area contributed by atoms with Gasteiger partial charge in [-0.05, 0) is 61.0 Å². The molecule has 0 fully saturated rings. The van der Waals surface area contributed by atoms with Crippen LogP contribution in [0.25, 0.3) is 5.69 Å². The fraction of sp³-hybridized carbons (Fsp3) is 0.143. The molecule has 0 radical (unpaired) electrons. The molecular weight excluding hydrogens is 358 g/mol. The Morgan fingerprint density at radius 3 is 2.61 bits per heavy atom. The second-order valence-electron chi connectivity index (χ2n) is 6.51. The van der Waals surface area contributed by atoms with Gasteiger partial charge in [-0.15, -0.1) is 0 Å². The van der Waals surface area contributed by atoms with E-state index in [9.17, 15) is 14.4 Å². The van der Waals surface area contributed by atoms with E-state index < -0.39 is 5.97 Å². The van der Waals surface area contributed by atoms with E-state index in [-0.39, 0.29) is 24.2 Å². The number of anilines is 1. The molecule has 0 unspecified atom stereocenters. The van der Waals surface area contributed by atoms with Gasteiger partial charge in [0.2, 0.25) is 5.91 Å². The van der Waals surface area contributed by atoms with Crippen LogP contribution in [-0.4, -0.2) is 34.0 Å². The fourth-order valence-electron chi connectivity index (χ4n) is 3.06. The van der Waals surface area contributed by atoms with Crippen molar-refractivity contribution in [1.29, 1.82) is 0 Å². The van der Waals surface area contributed by atoms with Gasteiger partial charge in [-0.2, -0.15) is 5.10 Å². The number of carbonyl (C=O) groups excluding carboxylic acids is 3. The average Bonchev–Trinajstić information content (AvgIpc) is 3.35. The zero-order valence-corrected chi connectivity index (χ0v) is 15.1. The Morgan fingerprint density at radius 1 is 1.14 bits per heavy atom. The topological polar surface area (TPSA) is 90.3 Å². The number of Topliss-reactive ketones (excluding diaryl/α,β-unsaturated/α-hetero) is 1. The minimum absolute atomic E-state index is 0.0930. The molecule has 1 atom stereocenters. The molecule has 0 aliphatic carbocycles. The van der Waals surface area contributed by atoms with Gasteiger partial charge in [0.25, 0.3) is 0 Å². The Balaban J connectivity index is 1.40. The summed E-state index contributed by atoms with van der Waals surface area (Å²) in [6, 6.07) is 13.5. The first-order valence-corrected chi connectivity index (χ1v) is 8.78. The molecule has 1 N–H and O–H groups in total. The minimum atomic E-state index is -0.577. The van der Waals surface area contributed by atoms with Gasteiger partial charge in [0.1, 0.15) is 0 Å². The third-order valence-electron chi connectivity index (χ3n) is 4.70. The molecular formula is C21H17N3O4. The van der Waals surface area contributed by atoms with E-state index in [1.807, 2.05) is 0 Å². The number of amides is 1. The van der Waals surface area contributed by atoms with Crippen molar-refractivity contribution in [3.05, 3.63) is 77.6 Å². The van der Waals surface area contributed by atoms with Crippen molar-refractivity contribution in [3.8, 4) is 5.69 Å². The molecule has 4 rings (SSSR count). The van der Waals surface area contributed by atoms with Gasteiger partial charge < -0.3 is 10.1 Å². The van der Waals surface area contributed by atoms with Crippen molar-refractivity contribution in [2.24, 2.45) is 0 Å². The molecule has 1 amide bonds. The van der Waals surface area contributed by atoms with Gasteiger partial charge in [-0.25, -0.2) is 9.48 Å². The van der Waals surface area contributed by atoms with Gasteiger partial charge in [-0.3, -0.25) is 9.59 Å². The number of hydrogen-bond donors (Lipinski definition) is 1. The molecule has 2 heterocycles. The summed E-state index contributed by atoms with van der Waals surface area (Å²) in [6.07, 6.45) is 3.46. The number of ketones is 1. The molecule has 0 saturated heterocycles. The molecule has 2 aromatic carbocycles. The Kier molecular flexibility index (Phi) is 4.49. The molecule has 0 saturated carbocycles. The predicted molar refractivity (Wildman–Crippen MR) is 102 cm³/mol. The third kappa shape index (κ3) is 3.29. The highest BCUT2D eigenvalue weighted by atomic mass is 16.5. The van der Waals surface area contributed by atoms with E-state index in [0.717, 1.165) is 11.3 Å². The monoisotopic (exact) mass is 375 g/mol. The van der Waals surface area contributed by atoms with Crippen LogP contribution < -0.4 is 5.32 Å². The van der Waals surface area contributed by atoms with Gasteiger partial charge in [0.15, 0.2) is 12.4 Å². The lowest BCUT2D eigenvalue weighted by Gasteiger charge is -2.07. The van der Waals surface area contributed by atoms with Crippen molar-refractivity contribution in [2.45, 2.75) is 12.8 Å². The van der Waals surface area contributed by atoms with Gasteiger partial charge >= 0.3 is 5.97 Å². The lowest BCUT2D eigenvalue weighted by atomic mass is 9.99. The van der Waals surface area contributed by atoms with Crippen molar-refractivity contribution >= 4 is 23.3 Å². The third-order valence-corrected chi connectivity index (χ3v) is 4.70. The number of benzene rings is 2. The first-order chi connectivity index (χ1) is 13.5. The summed E-state index contributed by atoms with van der Waals surface area (Å²) < 4.78 is 6.82. The maximum Gasteiger partial charge on any atom is 0.338 e. The zero-order valence-electron chi connectivity index (χ0n) is 15.1. The van der Waals surface area contributed by atoms with Crippen LogP contribution in [-0.2, 0) is 9.53 Å². The Labute approximate surface area is 160 Å². The summed E-state index contributed by atoms with van der Waals surface area (Å²) in [4.78, 5) is 36.3. The average molecular weight is 375 g/mol. The maximum absolute atomic E-state index is 12.4. The summed E-state index contributed by atoms with van der Waals surface area (Å²) in [5.41, 5.74) is 3.05. The highest BCUT2D eigenvalue weighted by Crippen LogP contribution is 2.32. The standard InChI is InChI=1S/C21H17N3O4/c1-13-17-11-15(5-8-18(17)23-20(13)26)19(25)12-28-21(27)14-3-6-16(7-4-14)24-10-2-9-22-24/h2-11,13H,12H2,1H3,(H,23,26)/t13-/m1/s1. The molecule has 7 heteroatoms. The molecule has 1 aromatic heterocycles. The first-order valence-electron chi connectivity index (χ1n) is 8.78. The Hall–Kier alpha value is -3.74. The highest BCUT2D eigenvalue weighted by molar-refractivity contribution is 6.05. The summed E-state index contributed by atoms with van der Waals surface area (Å²) in [5, 5.41) is 6.88. The van der Waals surface area contributed by atoms with E-state index in [2.05, 4.69) is 10.4 Å². The molecule has 3 aromatic rings. The number of carbonyl (C=O) groups is 3. The van der Waals surface area contributed by atoms with Crippen LogP contribution in [0.3, 0.4) is 0 Å². The van der Waals surface area contributed by atoms with Gasteiger partial charge in [-0.1, -0.05) is 0 Å². The van der Waals surface area contributed by atoms with Crippen LogP contribution in [0.1, 0.15) is 39.1 Å². The van der Waals surface area contributed by atoms with Crippen molar-refractivity contribution in [2.75, 3.05) is 11.9 Å². The molecule has 28 heavy (non-hydrogen) atoms. The molecule has 0 bridgehead atoms. The molecule has 0 spiro atoms. The fourth-order valence-corrected chi connectivity index (χ4v) is 3.06. The number of hydrogen-bond acceptors (Lipinski definition) is 5. The summed E-state index contributed by atoms with van der Waals surface area (Å²) in [7, 11) is 0. The zero-order chi connectivity index (χ0) is 19.7. The van der Waals surface area contributed by atoms with E-state index >= 15 is 0 Å². The number of nitrogens with one attached hydrogen (secondary N) is 1. The lowest BCUT2D eigenvalue weighted by Crippen LogP contribution is -2.14. The van der Waals surface area contributed by atoms with Crippen LogP contribution >= 0.6 is 0 Å². The number of esters is 1. The van der Waals surface area contributed by atoms with E-state index in [1.165, 1.54) is 0 Å². The van der Waals surface area contributed by atoms with Crippen LogP contribution in [0.15, 0.2) is 60.9 Å². The first kappa shape index (κ1) is 17.7. The van der Waals surface area contributed by atoms with E-state index in [1.54, 1.807) is 72.5 Å². The molecule has 7 nitrogen and oxygen atoms in total. The van der Waals surface area contributed by atoms with Gasteiger partial charge in [0.05, 0.1) is 17.2 Å². The SMILES string of the molecule is C[C@H]1C(=O)Nc2ccc(C(=O)COC(=O)c3ccc(-n4cccn4)cc3)cc21. The second-order valence-corrected chi connectivity index (χ2v) is 6.51. The molecule has 140 valence electrons. The number of aromatic nitrogens is 2. The number of ether oxygens (including phenoxy) is 1. The van der Waals surface area contributed by atoms with Crippen LogP contribution in [0.5, 0.6) is 0 Å². The number of rotatable bonds is 5. The lowest BCUT2D eigenvalue weighted by molar-refractivity contribution is -0.116. The Morgan fingerprint density at radius 2 is 1.89 bits per heavy atom. The summed E-state index contributed by atoms with van der Waals surface area (Å²) >= 11 is 0. The minimum Gasteiger partial charge on any atom is -0.454 e. The van der Waals surface area contributed by atoms with Gasteiger partial charge in [0, 0.05) is 23.6 Å². The van der Waals surface area contributed by atoms with E-state index in [0.29, 0.717) is 16.8 Å². The largest absolute Gasteiger partial charge is 0.454 e. The van der Waals surface area contributed by atoms with Crippen LogP contribution in [0.2, 0.25) is 0 Å². The maximum atomic E-state index is 12.4. The predicted octanol–water partition coefficient (Wildman–Crippen LogP) is 2.97. The normalized spacial score (nSPS) is 15.0. The van der Waals surface area contributed by atoms with Crippen molar-refractivity contribution in [1.82, 2.24) is 9.78 Å². The van der Waals surface area contributed by atoms with Crippen molar-refractivity contribution < 1.29 is 19.1 Å². The van der Waals surface area contributed by atoms with Crippen molar-refractivity contribution in [3.63, 3.8) is 0 Å². The molecule has 1 aliphatic rings. The Bertz CT molecular complexity index is 1060. The summed E-state index contributed by atoms with van der Waals surface area (Å²) in [6.45, 7) is 1.41. The summed E-state index contributed by atoms with van der Waals surface area (Å²) in [5.74, 6) is -1.30. The van der Waals surface area contributed by atoms with Crippen LogP contribution in [0.4, 0.5) is 5.69 Å². The number of nitrogens with zero attached hydrogens (tertiary/aromatic N) is 2. The number of fused-ring (bicyclic) bond motifs is 1. The highest BCUT2D eigenvalue weighted by Gasteiger charge is 2.27. The second kappa shape index (κ2) is 7.11. The van der Waals surface area contributed by atoms with Crippen LogP contribution in [0, 0.1) is 0 Å². The smallest absolute Gasteiger partial charge is 0.338 e. The van der Waals surface area contributed by atoms with E-state index in [4.69, 9.17) is 4.74 Å². The molecule has 1 aliphatic heterocycles. The quantitative estimate of drug-likeness (QED) is 0.547.